The maximum Gasteiger partial charge on any atom is 0.261 e. The standard InChI is InChI=1S/C9H9ClO2S/c1-2-3-8-4-6-9(7-5-8)13(10,11)12/h2,4-7H,1,3H2. The highest BCUT2D eigenvalue weighted by atomic mass is 35.7. The number of hydrogen-bond donors (Lipinski definition) is 0. The van der Waals surface area contributed by atoms with Crippen LogP contribution in [-0.2, 0) is 15.5 Å². The molecule has 13 heavy (non-hydrogen) atoms. The summed E-state index contributed by atoms with van der Waals surface area (Å²) in [6.07, 6.45) is 2.48. The van der Waals surface area contributed by atoms with Gasteiger partial charge in [-0.25, -0.2) is 8.42 Å². The van der Waals surface area contributed by atoms with Gasteiger partial charge in [0.05, 0.1) is 4.90 Å². The van der Waals surface area contributed by atoms with Crippen LogP contribution in [0.3, 0.4) is 0 Å². The number of allylic oxidation sites excluding steroid dienone is 1. The van der Waals surface area contributed by atoms with Crippen LogP contribution in [0.4, 0.5) is 0 Å². The Morgan fingerprint density at radius 1 is 1.31 bits per heavy atom. The molecule has 4 heteroatoms. The quantitative estimate of drug-likeness (QED) is 0.574. The largest absolute Gasteiger partial charge is 0.261 e. The summed E-state index contributed by atoms with van der Waals surface area (Å²) in [5.74, 6) is 0. The molecular weight excluding hydrogens is 208 g/mol. The number of hydrogen-bond acceptors (Lipinski definition) is 2. The Hall–Kier alpha value is -0.800. The van der Waals surface area contributed by atoms with Crippen molar-refractivity contribution in [3.63, 3.8) is 0 Å². The second-order valence-corrected chi connectivity index (χ2v) is 5.14. The molecule has 0 aliphatic carbocycles. The number of benzene rings is 1. The molecule has 0 aliphatic heterocycles. The van der Waals surface area contributed by atoms with E-state index in [2.05, 4.69) is 6.58 Å². The van der Waals surface area contributed by atoms with Gasteiger partial charge in [0.25, 0.3) is 9.05 Å². The van der Waals surface area contributed by atoms with E-state index in [9.17, 15) is 8.42 Å². The third kappa shape index (κ3) is 2.86. The van der Waals surface area contributed by atoms with E-state index < -0.39 is 9.05 Å². The minimum atomic E-state index is -3.59. The molecule has 0 radical (unpaired) electrons. The molecule has 0 saturated carbocycles. The zero-order valence-corrected chi connectivity index (χ0v) is 8.48. The molecular formula is C9H9ClO2S. The van der Waals surface area contributed by atoms with Crippen molar-refractivity contribution in [2.45, 2.75) is 11.3 Å². The minimum absolute atomic E-state index is 0.127. The van der Waals surface area contributed by atoms with Crippen LogP contribution in [0.15, 0.2) is 41.8 Å². The van der Waals surface area contributed by atoms with Gasteiger partial charge in [-0.1, -0.05) is 18.2 Å². The zero-order valence-electron chi connectivity index (χ0n) is 6.90. The minimum Gasteiger partial charge on any atom is -0.207 e. The molecule has 0 aliphatic rings. The summed E-state index contributed by atoms with van der Waals surface area (Å²) in [6, 6.07) is 6.41. The first-order chi connectivity index (χ1) is 6.04. The molecule has 0 bridgehead atoms. The Balaban J connectivity index is 3.01. The lowest BCUT2D eigenvalue weighted by molar-refractivity contribution is 0.609. The van der Waals surface area contributed by atoms with Gasteiger partial charge in [-0.15, -0.1) is 6.58 Å². The summed E-state index contributed by atoms with van der Waals surface area (Å²) in [5, 5.41) is 0. The van der Waals surface area contributed by atoms with Crippen molar-refractivity contribution in [3.8, 4) is 0 Å². The summed E-state index contributed by atoms with van der Waals surface area (Å²) in [6.45, 7) is 3.58. The van der Waals surface area contributed by atoms with Crippen molar-refractivity contribution in [3.05, 3.63) is 42.5 Å². The van der Waals surface area contributed by atoms with E-state index in [4.69, 9.17) is 10.7 Å². The molecule has 0 heterocycles. The Bertz CT molecular complexity index is 392. The summed E-state index contributed by atoms with van der Waals surface area (Å²) in [7, 11) is 1.55. The first-order valence-corrected chi connectivity index (χ1v) is 5.99. The van der Waals surface area contributed by atoms with Crippen molar-refractivity contribution in [2.24, 2.45) is 0 Å². The lowest BCUT2D eigenvalue weighted by Gasteiger charge is -1.98. The lowest BCUT2D eigenvalue weighted by atomic mass is 10.2. The first-order valence-electron chi connectivity index (χ1n) is 3.68. The van der Waals surface area contributed by atoms with Gasteiger partial charge in [0, 0.05) is 10.7 Å². The SMILES string of the molecule is C=CCc1ccc(S(=O)(=O)Cl)cc1. The van der Waals surface area contributed by atoms with E-state index in [0.717, 1.165) is 12.0 Å². The van der Waals surface area contributed by atoms with Gasteiger partial charge in [0.2, 0.25) is 0 Å². The molecule has 0 N–H and O–H groups in total. The topological polar surface area (TPSA) is 34.1 Å². The van der Waals surface area contributed by atoms with E-state index in [0.29, 0.717) is 0 Å². The van der Waals surface area contributed by atoms with Crippen molar-refractivity contribution < 1.29 is 8.42 Å². The van der Waals surface area contributed by atoms with Crippen molar-refractivity contribution in [2.75, 3.05) is 0 Å². The molecule has 0 spiro atoms. The smallest absolute Gasteiger partial charge is 0.207 e. The molecule has 1 aromatic carbocycles. The van der Waals surface area contributed by atoms with Gasteiger partial charge in [0.1, 0.15) is 0 Å². The molecule has 0 saturated heterocycles. The highest BCUT2D eigenvalue weighted by Gasteiger charge is 2.08. The molecule has 1 rings (SSSR count). The fourth-order valence-corrected chi connectivity index (χ4v) is 1.72. The van der Waals surface area contributed by atoms with Crippen LogP contribution in [0, 0.1) is 0 Å². The van der Waals surface area contributed by atoms with E-state index in [1.165, 1.54) is 12.1 Å². The predicted molar refractivity (Wildman–Crippen MR) is 53.4 cm³/mol. The average Bonchev–Trinajstić information content (AvgIpc) is 2.04. The fourth-order valence-electron chi connectivity index (χ4n) is 0.955. The highest BCUT2D eigenvalue weighted by molar-refractivity contribution is 8.13. The van der Waals surface area contributed by atoms with Gasteiger partial charge < -0.3 is 0 Å². The van der Waals surface area contributed by atoms with Crippen LogP contribution >= 0.6 is 10.7 Å². The molecule has 0 atom stereocenters. The molecule has 70 valence electrons. The highest BCUT2D eigenvalue weighted by Crippen LogP contribution is 2.15. The fraction of sp³-hybridized carbons (Fsp3) is 0.111. The maximum atomic E-state index is 10.8. The van der Waals surface area contributed by atoms with E-state index in [-0.39, 0.29) is 4.90 Å². The van der Waals surface area contributed by atoms with E-state index >= 15 is 0 Å². The number of halogens is 1. The summed E-state index contributed by atoms with van der Waals surface area (Å²) in [4.78, 5) is 0.127. The normalized spacial score (nSPS) is 11.2. The van der Waals surface area contributed by atoms with Crippen molar-refractivity contribution in [1.82, 2.24) is 0 Å². The number of rotatable bonds is 3. The summed E-state index contributed by atoms with van der Waals surface area (Å²) in [5.41, 5.74) is 1.01. The Labute approximate surface area is 82.3 Å². The predicted octanol–water partition coefficient (Wildman–Crippen LogP) is 2.34. The van der Waals surface area contributed by atoms with Crippen LogP contribution in [0.1, 0.15) is 5.56 Å². The molecule has 0 fully saturated rings. The van der Waals surface area contributed by atoms with Crippen LogP contribution in [0.25, 0.3) is 0 Å². The monoisotopic (exact) mass is 216 g/mol. The van der Waals surface area contributed by atoms with Crippen LogP contribution in [-0.4, -0.2) is 8.42 Å². The van der Waals surface area contributed by atoms with Crippen LogP contribution in [0.2, 0.25) is 0 Å². The molecule has 1 aromatic rings. The Morgan fingerprint density at radius 3 is 2.23 bits per heavy atom. The van der Waals surface area contributed by atoms with E-state index in [1.54, 1.807) is 18.2 Å². The molecule has 0 aromatic heterocycles. The van der Waals surface area contributed by atoms with Gasteiger partial charge in [-0.3, -0.25) is 0 Å². The lowest BCUT2D eigenvalue weighted by Crippen LogP contribution is -1.90. The van der Waals surface area contributed by atoms with Crippen LogP contribution < -0.4 is 0 Å². The van der Waals surface area contributed by atoms with Gasteiger partial charge in [-0.2, -0.15) is 0 Å². The van der Waals surface area contributed by atoms with Crippen LogP contribution in [0.5, 0.6) is 0 Å². The summed E-state index contributed by atoms with van der Waals surface area (Å²) < 4.78 is 21.7. The maximum absolute atomic E-state index is 10.8. The second-order valence-electron chi connectivity index (χ2n) is 2.57. The third-order valence-electron chi connectivity index (χ3n) is 1.58. The first kappa shape index (κ1) is 10.3. The van der Waals surface area contributed by atoms with Crippen molar-refractivity contribution >= 4 is 19.7 Å². The second kappa shape index (κ2) is 3.94. The van der Waals surface area contributed by atoms with Gasteiger partial charge in [0.15, 0.2) is 0 Å². The molecule has 0 amide bonds. The summed E-state index contributed by atoms with van der Waals surface area (Å²) >= 11 is 0. The van der Waals surface area contributed by atoms with Crippen molar-refractivity contribution in [1.29, 1.82) is 0 Å². The zero-order chi connectivity index (χ0) is 9.90. The Morgan fingerprint density at radius 2 is 1.85 bits per heavy atom. The van der Waals surface area contributed by atoms with E-state index in [1.807, 2.05) is 0 Å². The molecule has 0 unspecified atom stereocenters. The Kier molecular flexibility index (Phi) is 3.12. The van der Waals surface area contributed by atoms with Gasteiger partial charge in [-0.05, 0) is 24.1 Å². The molecule has 2 nitrogen and oxygen atoms in total. The third-order valence-corrected chi connectivity index (χ3v) is 2.95. The average molecular weight is 217 g/mol. The van der Waals surface area contributed by atoms with Gasteiger partial charge >= 0.3 is 0 Å².